The van der Waals surface area contributed by atoms with E-state index >= 15 is 0 Å². The van der Waals surface area contributed by atoms with E-state index in [-0.39, 0.29) is 89.5 Å². The lowest BCUT2D eigenvalue weighted by Gasteiger charge is -2.17. The Labute approximate surface area is 466 Å². The molecule has 7 N–H and O–H groups in total. The summed E-state index contributed by atoms with van der Waals surface area (Å²) >= 11 is 3.49. The standard InChI is InChI=1S/C59H79N7O10S2/c1-39-34-40(22-25-43(39)55-44-26-23-41(67)35-47(44)76-48-36-42(68)24-27-45(48)55)57(73)63-31-30-62-53(71)20-11-8-16-32-66-54(72)37-50(58(66)74)77-33-17-7-5-3-2-4-6-10-19-51(69)60-28-14-9-15-29-61-52(70)21-13-12-18-49-56-46(38-78-49)64-59(75)65-56/h22-27,34-36,46,49-50,56,67H,2-21,28-33,37-38H2,1H3,(H,60,69)(H,61,70)(H,62,71)(H,63,73)(H2,64,65,75)/t46-,49-,50?,56-/m0/s1. The topological polar surface area (TPSA) is 245 Å². The number of rotatable bonds is 34. The van der Waals surface area contributed by atoms with Gasteiger partial charge in [0, 0.05) is 104 Å². The zero-order valence-electron chi connectivity index (χ0n) is 45.2. The summed E-state index contributed by atoms with van der Waals surface area (Å²) in [7, 11) is 0. The number of phenols is 1. The normalized spacial score (nSPS) is 17.8. The van der Waals surface area contributed by atoms with Crippen molar-refractivity contribution in [1.29, 1.82) is 0 Å². The largest absolute Gasteiger partial charge is 0.508 e. The summed E-state index contributed by atoms with van der Waals surface area (Å²) in [4.78, 5) is 101. The van der Waals surface area contributed by atoms with Crippen molar-refractivity contribution in [2.75, 3.05) is 44.2 Å². The zero-order valence-corrected chi connectivity index (χ0v) is 46.8. The van der Waals surface area contributed by atoms with Gasteiger partial charge in [0.1, 0.15) is 17.1 Å². The summed E-state index contributed by atoms with van der Waals surface area (Å²) in [5, 5.41) is 28.7. The molecule has 0 bridgehead atoms. The Hall–Kier alpha value is -6.08. The minimum Gasteiger partial charge on any atom is -0.508 e. The van der Waals surface area contributed by atoms with E-state index in [9.17, 15) is 43.5 Å². The van der Waals surface area contributed by atoms with Gasteiger partial charge in [-0.3, -0.25) is 38.5 Å². The minimum atomic E-state index is -0.317. The molecule has 5 aliphatic rings. The Morgan fingerprint density at radius 2 is 1.31 bits per heavy atom. The lowest BCUT2D eigenvalue weighted by molar-refractivity contribution is -0.138. The first-order valence-corrected chi connectivity index (χ1v) is 30.5. The fraction of sp³-hybridized carbons (Fsp3) is 0.559. The first-order chi connectivity index (χ1) is 37.8. The van der Waals surface area contributed by atoms with Gasteiger partial charge in [-0.05, 0) is 118 Å². The predicted octanol–water partition coefficient (Wildman–Crippen LogP) is 8.49. The van der Waals surface area contributed by atoms with E-state index in [0.717, 1.165) is 129 Å². The molecule has 422 valence electrons. The number of phenolic OH excluding ortho intramolecular Hbond substituents is 1. The first-order valence-electron chi connectivity index (χ1n) is 28.4. The number of unbranched alkanes of at least 4 members (excludes halogenated alkanes) is 12. The van der Waals surface area contributed by atoms with E-state index in [1.54, 1.807) is 42.1 Å². The molecule has 3 saturated heterocycles. The summed E-state index contributed by atoms with van der Waals surface area (Å²) in [5.74, 6) is 1.80. The number of nitrogens with zero attached hydrogens (tertiary/aromatic N) is 1. The minimum absolute atomic E-state index is 0.0391. The van der Waals surface area contributed by atoms with Crippen LogP contribution in [0.4, 0.5) is 4.79 Å². The van der Waals surface area contributed by atoms with E-state index < -0.39 is 0 Å². The molecule has 4 aliphatic heterocycles. The van der Waals surface area contributed by atoms with Crippen LogP contribution in [0.15, 0.2) is 63.8 Å². The average molecular weight is 1110 g/mol. The molecule has 3 fully saturated rings. The molecule has 7 rings (SSSR count). The van der Waals surface area contributed by atoms with Crippen molar-refractivity contribution < 1.29 is 43.1 Å². The molecule has 0 aromatic heterocycles. The van der Waals surface area contributed by atoms with Crippen LogP contribution in [-0.2, 0) is 24.0 Å². The first kappa shape index (κ1) is 59.6. The summed E-state index contributed by atoms with van der Waals surface area (Å²) in [6, 6.07) is 15.2. The van der Waals surface area contributed by atoms with Crippen LogP contribution in [0.2, 0.25) is 0 Å². The number of hydrogen-bond acceptors (Lipinski definition) is 12. The van der Waals surface area contributed by atoms with Crippen LogP contribution in [0.25, 0.3) is 33.4 Å². The van der Waals surface area contributed by atoms with E-state index in [2.05, 4.69) is 31.9 Å². The van der Waals surface area contributed by atoms with Crippen LogP contribution in [0.3, 0.4) is 0 Å². The third kappa shape index (κ3) is 18.0. The van der Waals surface area contributed by atoms with E-state index in [1.165, 1.54) is 23.1 Å². The van der Waals surface area contributed by atoms with Crippen LogP contribution in [0.5, 0.6) is 5.75 Å². The van der Waals surface area contributed by atoms with Crippen molar-refractivity contribution >= 4 is 76.0 Å². The zero-order chi connectivity index (χ0) is 55.2. The maximum absolute atomic E-state index is 13.1. The van der Waals surface area contributed by atoms with Crippen molar-refractivity contribution in [3.8, 4) is 28.2 Å². The Morgan fingerprint density at radius 1 is 0.679 bits per heavy atom. The molecule has 8 amide bonds. The Bertz CT molecular complexity index is 2730. The number of imide groups is 1. The van der Waals surface area contributed by atoms with Crippen molar-refractivity contribution in [2.24, 2.45) is 0 Å². The molecule has 78 heavy (non-hydrogen) atoms. The number of nitrogens with one attached hydrogen (secondary N) is 6. The number of benzene rings is 3. The summed E-state index contributed by atoms with van der Waals surface area (Å²) in [6.45, 7) is 4.11. The van der Waals surface area contributed by atoms with Crippen LogP contribution in [0.1, 0.15) is 151 Å². The van der Waals surface area contributed by atoms with Crippen molar-refractivity contribution in [3.05, 3.63) is 75.9 Å². The SMILES string of the molecule is Cc1cc(C(=O)NCCNC(=O)CCCCCN2C(=O)CC(SCCCCCCCCCCC(=O)NCCCCCNC(=O)CCCC[C@@H]3SC[C@@H]4NC(=O)N[C@@H]43)C2=O)ccc1-c1c2ccc(=O)cc-2oc2cc(O)ccc12. The highest BCUT2D eigenvalue weighted by Crippen LogP contribution is 2.42. The number of hydrogen-bond donors (Lipinski definition) is 7. The van der Waals surface area contributed by atoms with Crippen LogP contribution in [-0.4, -0.2) is 118 Å². The monoisotopic (exact) mass is 1110 g/mol. The van der Waals surface area contributed by atoms with Gasteiger partial charge in [-0.2, -0.15) is 11.8 Å². The number of thioether (sulfide) groups is 2. The number of carbonyl (C=O) groups is 7. The highest BCUT2D eigenvalue weighted by Gasteiger charge is 2.42. The van der Waals surface area contributed by atoms with Gasteiger partial charge >= 0.3 is 6.03 Å². The van der Waals surface area contributed by atoms with Crippen LogP contribution in [0, 0.1) is 6.92 Å². The van der Waals surface area contributed by atoms with Gasteiger partial charge in [-0.25, -0.2) is 4.79 Å². The quantitative estimate of drug-likeness (QED) is 0.0101. The second kappa shape index (κ2) is 30.9. The lowest BCUT2D eigenvalue weighted by atomic mass is 9.90. The molecule has 0 saturated carbocycles. The van der Waals surface area contributed by atoms with E-state index in [0.29, 0.717) is 80.3 Å². The number of amides is 8. The maximum atomic E-state index is 13.1. The van der Waals surface area contributed by atoms with Crippen molar-refractivity contribution in [2.45, 2.75) is 164 Å². The van der Waals surface area contributed by atoms with Gasteiger partial charge in [0.15, 0.2) is 5.43 Å². The number of fused-ring (bicyclic) bond motifs is 3. The molecular weight excluding hydrogens is 1030 g/mol. The highest BCUT2D eigenvalue weighted by atomic mass is 32.2. The molecular formula is C59H79N7O10S2. The third-order valence-electron chi connectivity index (χ3n) is 14.9. The maximum Gasteiger partial charge on any atom is 0.315 e. The second-order valence-electron chi connectivity index (χ2n) is 20.9. The molecule has 2 aromatic rings. The van der Waals surface area contributed by atoms with Crippen LogP contribution >= 0.6 is 23.5 Å². The molecule has 0 radical (unpaired) electrons. The number of carbonyl (C=O) groups excluding carboxylic acids is 7. The second-order valence-corrected chi connectivity index (χ2v) is 23.5. The summed E-state index contributed by atoms with van der Waals surface area (Å²) < 4.78 is 5.97. The van der Waals surface area contributed by atoms with Gasteiger partial charge in [0.2, 0.25) is 29.5 Å². The van der Waals surface area contributed by atoms with Gasteiger partial charge < -0.3 is 41.4 Å². The van der Waals surface area contributed by atoms with E-state index in [1.807, 2.05) is 24.8 Å². The van der Waals surface area contributed by atoms with Crippen LogP contribution < -0.4 is 37.3 Å². The number of likely N-dealkylation sites (tertiary alicyclic amines) is 1. The molecule has 0 spiro atoms. The average Bonchev–Trinajstić information content (AvgIpc) is 4.13. The highest BCUT2D eigenvalue weighted by molar-refractivity contribution is 8.00. The van der Waals surface area contributed by atoms with E-state index in [4.69, 9.17) is 4.42 Å². The fourth-order valence-electron chi connectivity index (χ4n) is 10.6. The smallest absolute Gasteiger partial charge is 0.315 e. The van der Waals surface area contributed by atoms with Crippen molar-refractivity contribution in [3.63, 3.8) is 0 Å². The third-order valence-corrected chi connectivity index (χ3v) is 17.7. The number of aryl methyl sites for hydroxylation is 1. The van der Waals surface area contributed by atoms with Gasteiger partial charge in [0.25, 0.3) is 5.91 Å². The van der Waals surface area contributed by atoms with Crippen molar-refractivity contribution in [1.82, 2.24) is 36.8 Å². The number of aromatic hydroxyl groups is 1. The van der Waals surface area contributed by atoms with Gasteiger partial charge in [-0.15, -0.1) is 11.8 Å². The summed E-state index contributed by atoms with van der Waals surface area (Å²) in [5.41, 5.74) is 3.93. The Kier molecular flexibility index (Phi) is 23.6. The molecule has 19 heteroatoms. The molecule has 2 aromatic carbocycles. The van der Waals surface area contributed by atoms with Gasteiger partial charge in [-0.1, -0.05) is 57.4 Å². The molecule has 4 atom stereocenters. The molecule has 1 aliphatic carbocycles. The van der Waals surface area contributed by atoms with Gasteiger partial charge in [0.05, 0.1) is 17.3 Å². The predicted molar refractivity (Wildman–Crippen MR) is 308 cm³/mol. The Morgan fingerprint density at radius 3 is 2.03 bits per heavy atom. The number of urea groups is 1. The summed E-state index contributed by atoms with van der Waals surface area (Å²) in [6.07, 6.45) is 17.8. The fourth-order valence-corrected chi connectivity index (χ4v) is 13.3. The molecule has 17 nitrogen and oxygen atoms in total. The Balaban J connectivity index is 0.629. The lowest BCUT2D eigenvalue weighted by Crippen LogP contribution is -2.36. The molecule has 4 heterocycles. The molecule has 1 unspecified atom stereocenters.